The summed E-state index contributed by atoms with van der Waals surface area (Å²) in [4.78, 5) is 12.3. The molecule has 0 aliphatic carbocycles. The number of hydrogen-bond donors (Lipinski definition) is 3. The van der Waals surface area contributed by atoms with Crippen LogP contribution in [0.4, 0.5) is 0 Å². The fraction of sp³-hybridized carbons (Fsp3) is 0.412. The van der Waals surface area contributed by atoms with Gasteiger partial charge in [0.15, 0.2) is 0 Å². The van der Waals surface area contributed by atoms with Crippen molar-refractivity contribution in [3.8, 4) is 22.8 Å². The highest BCUT2D eigenvalue weighted by Crippen LogP contribution is 2.32. The van der Waals surface area contributed by atoms with Crippen LogP contribution in [0.3, 0.4) is 0 Å². The molecule has 2 aromatic rings. The number of H-pyrrole nitrogens is 1. The predicted octanol–water partition coefficient (Wildman–Crippen LogP) is 1.84. The van der Waals surface area contributed by atoms with E-state index in [-0.39, 0.29) is 24.5 Å². The molecule has 1 amide bonds. The van der Waals surface area contributed by atoms with Crippen LogP contribution < -0.4 is 14.8 Å². The van der Waals surface area contributed by atoms with Gasteiger partial charge in [-0.1, -0.05) is 13.8 Å². The number of nitrogens with one attached hydrogen (secondary N) is 2. The van der Waals surface area contributed by atoms with Gasteiger partial charge in [-0.05, 0) is 24.1 Å². The van der Waals surface area contributed by atoms with Gasteiger partial charge in [0.05, 0.1) is 32.6 Å². The Hall–Kier alpha value is -2.54. The van der Waals surface area contributed by atoms with Gasteiger partial charge >= 0.3 is 0 Å². The zero-order chi connectivity index (χ0) is 17.7. The van der Waals surface area contributed by atoms with E-state index in [1.807, 2.05) is 19.9 Å². The number of methoxy groups -OCH3 is 2. The highest BCUT2D eigenvalue weighted by Gasteiger charge is 2.19. The Morgan fingerprint density at radius 2 is 2.04 bits per heavy atom. The Bertz CT molecular complexity index is 697. The lowest BCUT2D eigenvalue weighted by Crippen LogP contribution is -2.41. The molecule has 7 nitrogen and oxygen atoms in total. The van der Waals surface area contributed by atoms with Crippen molar-refractivity contribution in [3.05, 3.63) is 30.0 Å². The second-order valence-electron chi connectivity index (χ2n) is 5.74. The average molecular weight is 333 g/mol. The van der Waals surface area contributed by atoms with Gasteiger partial charge < -0.3 is 19.9 Å². The molecule has 0 fully saturated rings. The van der Waals surface area contributed by atoms with Gasteiger partial charge in [0.1, 0.15) is 17.2 Å². The summed E-state index contributed by atoms with van der Waals surface area (Å²) in [5, 5.41) is 19.0. The van der Waals surface area contributed by atoms with Crippen molar-refractivity contribution in [2.75, 3.05) is 20.8 Å². The van der Waals surface area contributed by atoms with E-state index < -0.39 is 0 Å². The molecule has 1 heterocycles. The minimum absolute atomic E-state index is 0.114. The lowest BCUT2D eigenvalue weighted by atomic mass is 10.1. The summed E-state index contributed by atoms with van der Waals surface area (Å²) in [6, 6.07) is 6.71. The van der Waals surface area contributed by atoms with Gasteiger partial charge in [0.2, 0.25) is 0 Å². The van der Waals surface area contributed by atoms with Crippen LogP contribution in [0.2, 0.25) is 0 Å². The second kappa shape index (κ2) is 7.83. The van der Waals surface area contributed by atoms with Crippen molar-refractivity contribution in [1.29, 1.82) is 0 Å². The molecule has 130 valence electrons. The zero-order valence-corrected chi connectivity index (χ0v) is 14.3. The topological polar surface area (TPSA) is 96.5 Å². The number of carbonyl (C=O) groups is 1. The maximum absolute atomic E-state index is 12.3. The molecule has 1 unspecified atom stereocenters. The highest BCUT2D eigenvalue weighted by molar-refractivity contribution is 5.93. The maximum Gasteiger partial charge on any atom is 0.269 e. The molecule has 3 N–H and O–H groups in total. The van der Waals surface area contributed by atoms with Gasteiger partial charge in [-0.15, -0.1) is 0 Å². The molecule has 0 aliphatic heterocycles. The minimum atomic E-state index is -0.311. The van der Waals surface area contributed by atoms with Crippen LogP contribution in [-0.4, -0.2) is 48.1 Å². The number of aliphatic hydroxyl groups excluding tert-OH is 1. The number of aromatic amines is 1. The van der Waals surface area contributed by atoms with E-state index in [0.717, 1.165) is 5.56 Å². The number of carbonyl (C=O) groups excluding carboxylic acids is 1. The first-order valence-electron chi connectivity index (χ1n) is 7.69. The Kier molecular flexibility index (Phi) is 5.81. The Balaban J connectivity index is 2.23. The predicted molar refractivity (Wildman–Crippen MR) is 90.3 cm³/mol. The Morgan fingerprint density at radius 1 is 1.29 bits per heavy atom. The van der Waals surface area contributed by atoms with Crippen molar-refractivity contribution >= 4 is 5.91 Å². The number of rotatable bonds is 7. The molecule has 1 aromatic heterocycles. The molecule has 0 saturated heterocycles. The highest BCUT2D eigenvalue weighted by atomic mass is 16.5. The summed E-state index contributed by atoms with van der Waals surface area (Å²) >= 11 is 0. The fourth-order valence-corrected chi connectivity index (χ4v) is 2.26. The van der Waals surface area contributed by atoms with Crippen molar-refractivity contribution in [1.82, 2.24) is 15.5 Å². The molecular weight excluding hydrogens is 310 g/mol. The first-order valence-corrected chi connectivity index (χ1v) is 7.69. The van der Waals surface area contributed by atoms with Crippen LogP contribution in [0.25, 0.3) is 11.3 Å². The van der Waals surface area contributed by atoms with Gasteiger partial charge in [0, 0.05) is 11.6 Å². The van der Waals surface area contributed by atoms with E-state index in [2.05, 4.69) is 15.5 Å². The third-order valence-corrected chi connectivity index (χ3v) is 3.83. The first-order chi connectivity index (χ1) is 11.5. The number of aromatic nitrogens is 2. The minimum Gasteiger partial charge on any atom is -0.497 e. The quantitative estimate of drug-likeness (QED) is 0.718. The molecule has 24 heavy (non-hydrogen) atoms. The van der Waals surface area contributed by atoms with E-state index in [9.17, 15) is 9.90 Å². The molecular formula is C17H23N3O4. The van der Waals surface area contributed by atoms with Crippen molar-refractivity contribution < 1.29 is 19.4 Å². The number of aliphatic hydroxyl groups is 1. The molecule has 7 heteroatoms. The summed E-state index contributed by atoms with van der Waals surface area (Å²) in [7, 11) is 3.14. The van der Waals surface area contributed by atoms with E-state index >= 15 is 0 Å². The summed E-state index contributed by atoms with van der Waals surface area (Å²) in [6.07, 6.45) is 0. The molecule has 0 radical (unpaired) electrons. The smallest absolute Gasteiger partial charge is 0.269 e. The van der Waals surface area contributed by atoms with Crippen LogP contribution in [0.1, 0.15) is 24.3 Å². The van der Waals surface area contributed by atoms with E-state index in [0.29, 0.717) is 22.9 Å². The third-order valence-electron chi connectivity index (χ3n) is 3.83. The number of hydrogen-bond acceptors (Lipinski definition) is 5. The number of nitrogens with zero attached hydrogens (tertiary/aromatic N) is 1. The molecule has 0 aliphatic rings. The average Bonchev–Trinajstić information content (AvgIpc) is 3.08. The van der Waals surface area contributed by atoms with Gasteiger partial charge in [-0.3, -0.25) is 9.89 Å². The molecule has 2 rings (SSSR count). The standard InChI is InChI=1S/C17H23N3O4/c1-10(2)15(9-21)18-17(22)14-8-13(19-20-14)12-6-5-11(23-3)7-16(12)24-4/h5-8,10,15,21H,9H2,1-4H3,(H,18,22)(H,19,20). The summed E-state index contributed by atoms with van der Waals surface area (Å²) < 4.78 is 10.5. The number of ether oxygens (including phenoxy) is 2. The molecule has 0 saturated carbocycles. The van der Waals surface area contributed by atoms with Crippen LogP contribution in [0.15, 0.2) is 24.3 Å². The summed E-state index contributed by atoms with van der Waals surface area (Å²) in [6.45, 7) is 3.75. The lowest BCUT2D eigenvalue weighted by molar-refractivity contribution is 0.0891. The van der Waals surface area contributed by atoms with Crippen LogP contribution in [0, 0.1) is 5.92 Å². The van der Waals surface area contributed by atoms with Crippen LogP contribution >= 0.6 is 0 Å². The summed E-state index contributed by atoms with van der Waals surface area (Å²) in [5.74, 6) is 1.09. The maximum atomic E-state index is 12.3. The molecule has 1 atom stereocenters. The van der Waals surface area contributed by atoms with Gasteiger partial charge in [-0.25, -0.2) is 0 Å². The second-order valence-corrected chi connectivity index (χ2v) is 5.74. The normalized spacial score (nSPS) is 12.1. The van der Waals surface area contributed by atoms with Crippen molar-refractivity contribution in [3.63, 3.8) is 0 Å². The first kappa shape index (κ1) is 17.8. The van der Waals surface area contributed by atoms with E-state index in [4.69, 9.17) is 9.47 Å². The summed E-state index contributed by atoms with van der Waals surface area (Å²) in [5.41, 5.74) is 1.66. The van der Waals surface area contributed by atoms with E-state index in [1.54, 1.807) is 32.4 Å². The SMILES string of the molecule is COc1ccc(-c2cc(C(=O)NC(CO)C(C)C)[nH]n2)c(OC)c1. The van der Waals surface area contributed by atoms with Crippen molar-refractivity contribution in [2.24, 2.45) is 5.92 Å². The van der Waals surface area contributed by atoms with Crippen LogP contribution in [-0.2, 0) is 0 Å². The molecule has 0 spiro atoms. The van der Waals surface area contributed by atoms with Gasteiger partial charge in [0.25, 0.3) is 5.91 Å². The number of benzene rings is 1. The largest absolute Gasteiger partial charge is 0.497 e. The monoisotopic (exact) mass is 333 g/mol. The third kappa shape index (κ3) is 3.86. The lowest BCUT2D eigenvalue weighted by Gasteiger charge is -2.19. The number of amides is 1. The van der Waals surface area contributed by atoms with Gasteiger partial charge in [-0.2, -0.15) is 5.10 Å². The zero-order valence-electron chi connectivity index (χ0n) is 14.3. The fourth-order valence-electron chi connectivity index (χ4n) is 2.26. The Morgan fingerprint density at radius 3 is 2.62 bits per heavy atom. The van der Waals surface area contributed by atoms with E-state index in [1.165, 1.54) is 0 Å². The molecule has 0 bridgehead atoms. The van der Waals surface area contributed by atoms with Crippen LogP contribution in [0.5, 0.6) is 11.5 Å². The molecule has 1 aromatic carbocycles. The Labute approximate surface area is 141 Å². The van der Waals surface area contributed by atoms with Crippen molar-refractivity contribution in [2.45, 2.75) is 19.9 Å².